The van der Waals surface area contributed by atoms with E-state index < -0.39 is 5.41 Å². The Morgan fingerprint density at radius 2 is 2.00 bits per heavy atom. The quantitative estimate of drug-likeness (QED) is 0.580. The molecule has 0 spiro atoms. The van der Waals surface area contributed by atoms with Gasteiger partial charge in [-0.2, -0.15) is 0 Å². The monoisotopic (exact) mass is 383 g/mol. The van der Waals surface area contributed by atoms with Crippen molar-refractivity contribution in [2.75, 3.05) is 10.7 Å². The summed E-state index contributed by atoms with van der Waals surface area (Å²) in [4.78, 5) is 37.9. The van der Waals surface area contributed by atoms with Gasteiger partial charge in [0.2, 0.25) is 5.91 Å². The van der Waals surface area contributed by atoms with Crippen LogP contribution in [-0.2, 0) is 10.2 Å². The topological polar surface area (TPSA) is 54.5 Å². The molecule has 4 nitrogen and oxygen atoms in total. The van der Waals surface area contributed by atoms with Crippen LogP contribution < -0.4 is 4.90 Å². The first-order chi connectivity index (χ1) is 10.2. The fourth-order valence-corrected chi connectivity index (χ4v) is 3.31. The van der Waals surface area contributed by atoms with E-state index in [1.165, 1.54) is 4.90 Å². The Morgan fingerprint density at radius 3 is 2.55 bits per heavy atom. The molecule has 0 radical (unpaired) electrons. The molecular weight excluding hydrogens is 366 g/mol. The molecule has 1 aliphatic rings. The highest BCUT2D eigenvalue weighted by Gasteiger charge is 2.46. The minimum Gasteiger partial charge on any atom is -0.293 e. The molecule has 0 bridgehead atoms. The number of imide groups is 1. The number of alkyl halides is 1. The van der Waals surface area contributed by atoms with E-state index >= 15 is 0 Å². The zero-order chi connectivity index (χ0) is 16.7. The number of benzene rings is 1. The van der Waals surface area contributed by atoms with Gasteiger partial charge in [0.25, 0.3) is 5.24 Å². The molecule has 118 valence electrons. The van der Waals surface area contributed by atoms with E-state index in [9.17, 15) is 14.4 Å². The number of thioether (sulfide) groups is 1. The van der Waals surface area contributed by atoms with E-state index in [-0.39, 0.29) is 21.8 Å². The summed E-state index contributed by atoms with van der Waals surface area (Å²) in [6, 6.07) is 5.10. The first-order valence-corrected chi connectivity index (χ1v) is 8.96. The maximum atomic E-state index is 12.6. The fourth-order valence-electron chi connectivity index (χ4n) is 2.49. The van der Waals surface area contributed by atoms with E-state index in [1.54, 1.807) is 39.0 Å². The Labute approximate surface area is 142 Å². The van der Waals surface area contributed by atoms with Gasteiger partial charge in [0.05, 0.1) is 15.9 Å². The number of carbonyl (C=O) groups excluding carboxylic acids is 3. The molecule has 0 saturated carbocycles. The van der Waals surface area contributed by atoms with Crippen LogP contribution in [0.25, 0.3) is 0 Å². The van der Waals surface area contributed by atoms with E-state index in [0.29, 0.717) is 17.0 Å². The summed E-state index contributed by atoms with van der Waals surface area (Å²) in [5.41, 5.74) is 1.04. The third-order valence-electron chi connectivity index (χ3n) is 3.74. The molecule has 0 fully saturated rings. The second-order valence-corrected chi connectivity index (χ2v) is 8.27. The van der Waals surface area contributed by atoms with E-state index in [1.807, 2.05) is 6.92 Å². The van der Waals surface area contributed by atoms with Crippen molar-refractivity contribution in [3.8, 4) is 0 Å². The van der Waals surface area contributed by atoms with Gasteiger partial charge in [0, 0.05) is 5.56 Å². The van der Waals surface area contributed by atoms with Crippen LogP contribution in [0.5, 0.6) is 0 Å². The summed E-state index contributed by atoms with van der Waals surface area (Å²) in [5.74, 6) is 0.319. The predicted molar refractivity (Wildman–Crippen MR) is 93.2 cm³/mol. The van der Waals surface area contributed by atoms with Crippen molar-refractivity contribution in [1.29, 1.82) is 0 Å². The van der Waals surface area contributed by atoms with Gasteiger partial charge in [-0.3, -0.25) is 14.4 Å². The lowest BCUT2D eigenvalue weighted by molar-refractivity contribution is -0.121. The Balaban J connectivity index is 2.53. The third-order valence-corrected chi connectivity index (χ3v) is 4.88. The average molecular weight is 384 g/mol. The number of Topliss-reactive ketones (excluding diaryl/α,β-unsaturated/α-hetero) is 1. The van der Waals surface area contributed by atoms with Crippen molar-refractivity contribution in [2.45, 2.75) is 37.9 Å². The Kier molecular flexibility index (Phi) is 4.82. The van der Waals surface area contributed by atoms with Gasteiger partial charge in [0.1, 0.15) is 0 Å². The average Bonchev–Trinajstić information content (AvgIpc) is 2.65. The maximum Gasteiger partial charge on any atom is 0.292 e. The van der Waals surface area contributed by atoms with Crippen molar-refractivity contribution in [1.82, 2.24) is 0 Å². The largest absolute Gasteiger partial charge is 0.293 e. The molecule has 1 aromatic rings. The van der Waals surface area contributed by atoms with Crippen LogP contribution in [-0.4, -0.2) is 27.5 Å². The predicted octanol–water partition coefficient (Wildman–Crippen LogP) is 4.15. The highest BCUT2D eigenvalue weighted by molar-refractivity contribution is 9.10. The van der Waals surface area contributed by atoms with Gasteiger partial charge < -0.3 is 0 Å². The molecular formula is C16H18BrNO3S. The number of hydrogen-bond donors (Lipinski definition) is 0. The molecule has 0 saturated heterocycles. The van der Waals surface area contributed by atoms with Gasteiger partial charge in [-0.15, -0.1) is 0 Å². The number of hydrogen-bond acceptors (Lipinski definition) is 4. The summed E-state index contributed by atoms with van der Waals surface area (Å²) in [5, 5.41) is -0.271. The summed E-state index contributed by atoms with van der Waals surface area (Å²) in [7, 11) is 0. The molecule has 0 N–H and O–H groups in total. The highest BCUT2D eigenvalue weighted by atomic mass is 79.9. The van der Waals surface area contributed by atoms with Crippen molar-refractivity contribution in [3.63, 3.8) is 0 Å². The Morgan fingerprint density at radius 1 is 1.36 bits per heavy atom. The van der Waals surface area contributed by atoms with Crippen LogP contribution in [0.2, 0.25) is 0 Å². The smallest absolute Gasteiger partial charge is 0.292 e. The number of anilines is 1. The number of rotatable bonds is 3. The Bertz CT molecular complexity index is 655. The molecule has 2 rings (SSSR count). The lowest BCUT2D eigenvalue weighted by Gasteiger charge is -2.18. The number of halogens is 1. The van der Waals surface area contributed by atoms with E-state index in [2.05, 4.69) is 15.9 Å². The lowest BCUT2D eigenvalue weighted by atomic mass is 9.85. The zero-order valence-electron chi connectivity index (χ0n) is 13.0. The highest BCUT2D eigenvalue weighted by Crippen LogP contribution is 2.43. The molecule has 2 amide bonds. The second-order valence-electron chi connectivity index (χ2n) is 5.68. The van der Waals surface area contributed by atoms with Crippen molar-refractivity contribution in [2.24, 2.45) is 0 Å². The van der Waals surface area contributed by atoms with Crippen LogP contribution in [0.4, 0.5) is 10.5 Å². The SMILES string of the molecule is CCSC(=O)N1C(=O)C(C)(C)c2cc(C(=O)C(C)Br)ccc21. The minimum absolute atomic E-state index is 0.0428. The fraction of sp³-hybridized carbons (Fsp3) is 0.438. The van der Waals surface area contributed by atoms with Crippen molar-refractivity contribution in [3.05, 3.63) is 29.3 Å². The summed E-state index contributed by atoms with van der Waals surface area (Å²) in [6.45, 7) is 7.20. The van der Waals surface area contributed by atoms with Crippen LogP contribution in [0.15, 0.2) is 18.2 Å². The van der Waals surface area contributed by atoms with E-state index in [4.69, 9.17) is 0 Å². The summed E-state index contributed by atoms with van der Waals surface area (Å²) in [6.07, 6.45) is 0. The van der Waals surface area contributed by atoms with Gasteiger partial charge in [-0.05, 0) is 50.3 Å². The molecule has 22 heavy (non-hydrogen) atoms. The standard InChI is InChI=1S/C16H18BrNO3S/c1-5-22-15(21)18-12-7-6-10(13(19)9(2)17)8-11(12)16(3,4)14(18)20/h6-9H,5H2,1-4H3. The summed E-state index contributed by atoms with van der Waals surface area (Å²) >= 11 is 4.37. The number of nitrogens with zero attached hydrogens (tertiary/aromatic N) is 1. The summed E-state index contributed by atoms with van der Waals surface area (Å²) < 4.78 is 0. The maximum absolute atomic E-state index is 12.6. The van der Waals surface area contributed by atoms with Crippen molar-refractivity contribution < 1.29 is 14.4 Å². The van der Waals surface area contributed by atoms with Crippen molar-refractivity contribution >= 4 is 50.3 Å². The van der Waals surface area contributed by atoms with Gasteiger partial charge in [0.15, 0.2) is 5.78 Å². The molecule has 1 unspecified atom stereocenters. The van der Waals surface area contributed by atoms with E-state index in [0.717, 1.165) is 17.3 Å². The van der Waals surface area contributed by atoms with Gasteiger partial charge in [-0.1, -0.05) is 34.6 Å². The number of amides is 2. The first kappa shape index (κ1) is 17.2. The molecule has 1 aliphatic heterocycles. The van der Waals surface area contributed by atoms with Crippen LogP contribution >= 0.6 is 27.7 Å². The molecule has 6 heteroatoms. The minimum atomic E-state index is -0.814. The number of carbonyl (C=O) groups is 3. The number of fused-ring (bicyclic) bond motifs is 1. The van der Waals surface area contributed by atoms with Crippen LogP contribution in [0.1, 0.15) is 43.6 Å². The molecule has 0 aromatic heterocycles. The molecule has 1 aromatic carbocycles. The third kappa shape index (κ3) is 2.74. The van der Waals surface area contributed by atoms with Crippen LogP contribution in [0, 0.1) is 0 Å². The normalized spacial score (nSPS) is 17.3. The Hall–Kier alpha value is -1.14. The lowest BCUT2D eigenvalue weighted by Crippen LogP contribution is -2.38. The first-order valence-electron chi connectivity index (χ1n) is 7.06. The zero-order valence-corrected chi connectivity index (χ0v) is 15.4. The second kappa shape index (κ2) is 6.16. The molecule has 1 heterocycles. The molecule has 1 atom stereocenters. The van der Waals surface area contributed by atoms with Gasteiger partial charge >= 0.3 is 0 Å². The van der Waals surface area contributed by atoms with Gasteiger partial charge in [-0.25, -0.2) is 4.90 Å². The number of ketones is 1. The van der Waals surface area contributed by atoms with Crippen LogP contribution in [0.3, 0.4) is 0 Å². The molecule has 0 aliphatic carbocycles.